The predicted molar refractivity (Wildman–Crippen MR) is 76.0 cm³/mol. The molecule has 20 heavy (non-hydrogen) atoms. The molecular weight excluding hydrogens is 256 g/mol. The largest absolute Gasteiger partial charge is 0.466 e. The average Bonchev–Trinajstić information content (AvgIpc) is 2.37. The van der Waals surface area contributed by atoms with E-state index in [1.807, 2.05) is 13.8 Å². The number of carbonyl (C=O) groups is 2. The van der Waals surface area contributed by atoms with Crippen molar-refractivity contribution in [2.45, 2.75) is 45.6 Å². The van der Waals surface area contributed by atoms with E-state index in [-0.39, 0.29) is 29.8 Å². The molecule has 2 N–H and O–H groups in total. The minimum Gasteiger partial charge on any atom is -0.466 e. The maximum atomic E-state index is 12.1. The molecule has 0 spiro atoms. The molecule has 1 aliphatic heterocycles. The number of rotatable bonds is 5. The van der Waals surface area contributed by atoms with E-state index in [0.29, 0.717) is 12.5 Å². The third kappa shape index (κ3) is 3.72. The van der Waals surface area contributed by atoms with Crippen LogP contribution < -0.4 is 10.6 Å². The van der Waals surface area contributed by atoms with E-state index in [2.05, 4.69) is 10.6 Å². The Morgan fingerprint density at radius 2 is 1.90 bits per heavy atom. The number of amides is 1. The predicted octanol–water partition coefficient (Wildman–Crippen LogP) is 1.08. The van der Waals surface area contributed by atoms with Crippen molar-refractivity contribution in [2.24, 2.45) is 17.8 Å². The number of hydrogen-bond donors (Lipinski definition) is 2. The summed E-state index contributed by atoms with van der Waals surface area (Å²) in [6.45, 7) is 6.18. The molecule has 2 rings (SSSR count). The molecule has 114 valence electrons. The fourth-order valence-corrected chi connectivity index (χ4v) is 2.94. The molecule has 1 saturated carbocycles. The van der Waals surface area contributed by atoms with Gasteiger partial charge in [0.15, 0.2) is 0 Å². The van der Waals surface area contributed by atoms with Gasteiger partial charge in [-0.05, 0) is 51.6 Å². The zero-order valence-electron chi connectivity index (χ0n) is 12.5. The van der Waals surface area contributed by atoms with Crippen LogP contribution in [0, 0.1) is 17.8 Å². The SMILES string of the molecule is CCOC(=O)C1CCC(NC(=O)C(C)C2CNC2)CC1. The van der Waals surface area contributed by atoms with Crippen molar-refractivity contribution < 1.29 is 14.3 Å². The highest BCUT2D eigenvalue weighted by molar-refractivity contribution is 5.79. The Morgan fingerprint density at radius 1 is 1.25 bits per heavy atom. The Labute approximate surface area is 120 Å². The minimum atomic E-state index is -0.0776. The molecular formula is C15H26N2O3. The highest BCUT2D eigenvalue weighted by Gasteiger charge is 2.32. The summed E-state index contributed by atoms with van der Waals surface area (Å²) in [5.41, 5.74) is 0. The van der Waals surface area contributed by atoms with Crippen molar-refractivity contribution in [1.82, 2.24) is 10.6 Å². The molecule has 1 atom stereocenters. The lowest BCUT2D eigenvalue weighted by Gasteiger charge is -2.34. The number of hydrogen-bond acceptors (Lipinski definition) is 4. The highest BCUT2D eigenvalue weighted by Crippen LogP contribution is 2.26. The molecule has 1 saturated heterocycles. The van der Waals surface area contributed by atoms with Crippen LogP contribution in [0.2, 0.25) is 0 Å². The molecule has 2 fully saturated rings. The summed E-state index contributed by atoms with van der Waals surface area (Å²) in [5.74, 6) is 0.670. The van der Waals surface area contributed by atoms with Crippen LogP contribution >= 0.6 is 0 Å². The smallest absolute Gasteiger partial charge is 0.308 e. The molecule has 5 nitrogen and oxygen atoms in total. The Bertz CT molecular complexity index is 347. The molecule has 0 radical (unpaired) electrons. The number of carbonyl (C=O) groups excluding carboxylic acids is 2. The summed E-state index contributed by atoms with van der Waals surface area (Å²) in [7, 11) is 0. The standard InChI is InChI=1S/C15H26N2O3/c1-3-20-15(19)11-4-6-13(7-5-11)17-14(18)10(2)12-8-16-9-12/h10-13,16H,3-9H2,1-2H3,(H,17,18). The molecule has 0 aromatic carbocycles. The number of ether oxygens (including phenoxy) is 1. The Balaban J connectivity index is 1.71. The first-order valence-corrected chi connectivity index (χ1v) is 7.79. The molecule has 1 heterocycles. The molecule has 1 aliphatic carbocycles. The van der Waals surface area contributed by atoms with Gasteiger partial charge >= 0.3 is 5.97 Å². The van der Waals surface area contributed by atoms with Crippen molar-refractivity contribution in [2.75, 3.05) is 19.7 Å². The lowest BCUT2D eigenvalue weighted by molar-refractivity contribution is -0.149. The van der Waals surface area contributed by atoms with Crippen molar-refractivity contribution in [1.29, 1.82) is 0 Å². The van der Waals surface area contributed by atoms with Crippen LogP contribution in [0.4, 0.5) is 0 Å². The lowest BCUT2D eigenvalue weighted by atomic mass is 9.84. The quantitative estimate of drug-likeness (QED) is 0.741. The van der Waals surface area contributed by atoms with Gasteiger partial charge in [-0.25, -0.2) is 0 Å². The van der Waals surface area contributed by atoms with Gasteiger partial charge in [0.05, 0.1) is 12.5 Å². The van der Waals surface area contributed by atoms with E-state index in [1.54, 1.807) is 0 Å². The van der Waals surface area contributed by atoms with Gasteiger partial charge in [0.1, 0.15) is 0 Å². The first-order chi connectivity index (χ1) is 9.61. The van der Waals surface area contributed by atoms with Crippen LogP contribution in [0.1, 0.15) is 39.5 Å². The van der Waals surface area contributed by atoms with E-state index in [9.17, 15) is 9.59 Å². The van der Waals surface area contributed by atoms with Gasteiger partial charge in [-0.1, -0.05) is 6.92 Å². The van der Waals surface area contributed by atoms with Crippen molar-refractivity contribution >= 4 is 11.9 Å². The zero-order chi connectivity index (χ0) is 14.5. The fraction of sp³-hybridized carbons (Fsp3) is 0.867. The highest BCUT2D eigenvalue weighted by atomic mass is 16.5. The summed E-state index contributed by atoms with van der Waals surface area (Å²) in [4.78, 5) is 23.8. The van der Waals surface area contributed by atoms with E-state index in [4.69, 9.17) is 4.74 Å². The van der Waals surface area contributed by atoms with E-state index in [0.717, 1.165) is 38.8 Å². The maximum absolute atomic E-state index is 12.1. The molecule has 5 heteroatoms. The van der Waals surface area contributed by atoms with Gasteiger partial charge < -0.3 is 15.4 Å². The fourth-order valence-electron chi connectivity index (χ4n) is 2.94. The van der Waals surface area contributed by atoms with E-state index < -0.39 is 0 Å². The van der Waals surface area contributed by atoms with Crippen LogP contribution in [0.3, 0.4) is 0 Å². The normalized spacial score (nSPS) is 28.3. The van der Waals surface area contributed by atoms with Crippen LogP contribution in [0.15, 0.2) is 0 Å². The second-order valence-electron chi connectivity index (χ2n) is 6.02. The maximum Gasteiger partial charge on any atom is 0.308 e. The average molecular weight is 282 g/mol. The zero-order valence-corrected chi connectivity index (χ0v) is 12.5. The van der Waals surface area contributed by atoms with Gasteiger partial charge in [0.25, 0.3) is 0 Å². The third-order valence-corrected chi connectivity index (χ3v) is 4.63. The van der Waals surface area contributed by atoms with Crippen molar-refractivity contribution in [3.05, 3.63) is 0 Å². The molecule has 1 unspecified atom stereocenters. The molecule has 0 aromatic heterocycles. The molecule has 2 aliphatic rings. The second kappa shape index (κ2) is 7.07. The van der Waals surface area contributed by atoms with Crippen molar-refractivity contribution in [3.8, 4) is 0 Å². The van der Waals surface area contributed by atoms with E-state index >= 15 is 0 Å². The summed E-state index contributed by atoms with van der Waals surface area (Å²) >= 11 is 0. The lowest BCUT2D eigenvalue weighted by Crippen LogP contribution is -2.51. The summed E-state index contributed by atoms with van der Waals surface area (Å²) in [6, 6.07) is 0.226. The number of nitrogens with one attached hydrogen (secondary N) is 2. The molecule has 0 bridgehead atoms. The third-order valence-electron chi connectivity index (χ3n) is 4.63. The van der Waals surface area contributed by atoms with Crippen LogP contribution in [-0.4, -0.2) is 37.6 Å². The van der Waals surface area contributed by atoms with Gasteiger partial charge in [-0.2, -0.15) is 0 Å². The van der Waals surface area contributed by atoms with Gasteiger partial charge in [0, 0.05) is 12.0 Å². The first kappa shape index (κ1) is 15.3. The summed E-state index contributed by atoms with van der Waals surface area (Å²) in [6.07, 6.45) is 3.40. The number of esters is 1. The molecule has 0 aromatic rings. The van der Waals surface area contributed by atoms with Crippen LogP contribution in [-0.2, 0) is 14.3 Å². The minimum absolute atomic E-state index is 0.0244. The first-order valence-electron chi connectivity index (χ1n) is 7.79. The Morgan fingerprint density at radius 3 is 2.40 bits per heavy atom. The van der Waals surface area contributed by atoms with Crippen LogP contribution in [0.5, 0.6) is 0 Å². The topological polar surface area (TPSA) is 67.4 Å². The Hall–Kier alpha value is -1.10. The van der Waals surface area contributed by atoms with Gasteiger partial charge in [-0.15, -0.1) is 0 Å². The van der Waals surface area contributed by atoms with E-state index in [1.165, 1.54) is 0 Å². The Kier molecular flexibility index (Phi) is 5.40. The monoisotopic (exact) mass is 282 g/mol. The summed E-state index contributed by atoms with van der Waals surface area (Å²) in [5, 5.41) is 6.34. The van der Waals surface area contributed by atoms with Crippen molar-refractivity contribution in [3.63, 3.8) is 0 Å². The van der Waals surface area contributed by atoms with Gasteiger partial charge in [0.2, 0.25) is 5.91 Å². The van der Waals surface area contributed by atoms with Crippen LogP contribution in [0.25, 0.3) is 0 Å². The second-order valence-corrected chi connectivity index (χ2v) is 6.02. The summed E-state index contributed by atoms with van der Waals surface area (Å²) < 4.78 is 5.06. The molecule has 1 amide bonds. The van der Waals surface area contributed by atoms with Gasteiger partial charge in [-0.3, -0.25) is 9.59 Å².